The number of methoxy groups -OCH3 is 2. The molecule has 7 nitrogen and oxygen atoms in total. The fraction of sp³-hybridized carbons (Fsp3) is 0.429. The molecule has 3 amide bonds. The molecule has 0 unspecified atom stereocenters. The van der Waals surface area contributed by atoms with E-state index in [1.807, 2.05) is 0 Å². The minimum Gasteiger partial charge on any atom is -0.493 e. The van der Waals surface area contributed by atoms with E-state index >= 15 is 0 Å². The van der Waals surface area contributed by atoms with Gasteiger partial charge >= 0.3 is 6.03 Å². The second-order valence-corrected chi connectivity index (χ2v) is 6.80. The Hall–Kier alpha value is -1.86. The molecule has 9 heteroatoms. The number of hydrazine groups is 1. The maximum Gasteiger partial charge on any atom is 0.337 e. The Morgan fingerprint density at radius 2 is 1.74 bits per heavy atom. The third-order valence-corrected chi connectivity index (χ3v) is 4.79. The summed E-state index contributed by atoms with van der Waals surface area (Å²) in [6, 6.07) is 4.25. The van der Waals surface area contributed by atoms with E-state index in [2.05, 4.69) is 16.2 Å². The summed E-state index contributed by atoms with van der Waals surface area (Å²) in [6.07, 6.45) is 0.327. The number of nitrogens with one attached hydrogen (secondary N) is 3. The molecule has 1 atom stereocenters. The molecule has 0 aliphatic heterocycles. The number of ether oxygens (including phenoxy) is 2. The van der Waals surface area contributed by atoms with Gasteiger partial charge in [-0.05, 0) is 25.5 Å². The molecule has 1 saturated carbocycles. The number of benzene rings is 1. The molecule has 0 heterocycles. The van der Waals surface area contributed by atoms with Gasteiger partial charge in [-0.2, -0.15) is 0 Å². The van der Waals surface area contributed by atoms with E-state index in [9.17, 15) is 9.59 Å². The lowest BCUT2D eigenvalue weighted by atomic mass is 10.1. The van der Waals surface area contributed by atoms with Crippen LogP contribution in [0.4, 0.5) is 10.5 Å². The highest BCUT2D eigenvalue weighted by Gasteiger charge is 2.68. The predicted octanol–water partition coefficient (Wildman–Crippen LogP) is 2.44. The Morgan fingerprint density at radius 1 is 1.13 bits per heavy atom. The molecule has 0 aromatic heterocycles. The SMILES string of the molecule is COc1ccc(NC(=O)NNC(=O)[C@]2(C)CC2(Cl)Cl)cc1OC. The summed E-state index contributed by atoms with van der Waals surface area (Å²) in [7, 11) is 3.00. The summed E-state index contributed by atoms with van der Waals surface area (Å²) in [5.41, 5.74) is 4.09. The largest absolute Gasteiger partial charge is 0.493 e. The lowest BCUT2D eigenvalue weighted by molar-refractivity contribution is -0.126. The Kier molecular flexibility index (Phi) is 4.81. The van der Waals surface area contributed by atoms with Crippen molar-refractivity contribution in [2.45, 2.75) is 17.7 Å². The summed E-state index contributed by atoms with van der Waals surface area (Å²) in [5.74, 6) is 0.549. The summed E-state index contributed by atoms with van der Waals surface area (Å²) in [4.78, 5) is 23.7. The lowest BCUT2D eigenvalue weighted by Crippen LogP contribution is -2.47. The van der Waals surface area contributed by atoms with Crippen LogP contribution in [0.2, 0.25) is 0 Å². The maximum atomic E-state index is 11.9. The zero-order chi connectivity index (χ0) is 17.3. The van der Waals surface area contributed by atoms with Crippen molar-refractivity contribution in [3.05, 3.63) is 18.2 Å². The van der Waals surface area contributed by atoms with Crippen molar-refractivity contribution in [1.82, 2.24) is 10.9 Å². The normalized spacial score (nSPS) is 21.1. The Labute approximate surface area is 143 Å². The molecule has 126 valence electrons. The van der Waals surface area contributed by atoms with Crippen LogP contribution in [0.25, 0.3) is 0 Å². The Morgan fingerprint density at radius 3 is 2.26 bits per heavy atom. The van der Waals surface area contributed by atoms with E-state index in [1.165, 1.54) is 14.2 Å². The van der Waals surface area contributed by atoms with Crippen molar-refractivity contribution in [1.29, 1.82) is 0 Å². The summed E-state index contributed by atoms with van der Waals surface area (Å²) < 4.78 is 9.14. The number of rotatable bonds is 4. The van der Waals surface area contributed by atoms with Gasteiger partial charge in [0, 0.05) is 11.8 Å². The second kappa shape index (κ2) is 6.33. The fourth-order valence-electron chi connectivity index (χ4n) is 1.97. The molecule has 0 spiro atoms. The second-order valence-electron chi connectivity index (χ2n) is 5.32. The van der Waals surface area contributed by atoms with Gasteiger partial charge in [-0.15, -0.1) is 23.2 Å². The van der Waals surface area contributed by atoms with Crippen LogP contribution in [0.1, 0.15) is 13.3 Å². The molecule has 1 aromatic rings. The smallest absolute Gasteiger partial charge is 0.337 e. The van der Waals surface area contributed by atoms with Crippen LogP contribution >= 0.6 is 23.2 Å². The van der Waals surface area contributed by atoms with Crippen molar-refractivity contribution in [2.75, 3.05) is 19.5 Å². The number of carbonyl (C=O) groups is 2. The number of hydrogen-bond donors (Lipinski definition) is 3. The van der Waals surface area contributed by atoms with Crippen molar-refractivity contribution in [3.8, 4) is 11.5 Å². The highest BCUT2D eigenvalue weighted by atomic mass is 35.5. The van der Waals surface area contributed by atoms with E-state index in [0.717, 1.165) is 0 Å². The number of alkyl halides is 2. The Balaban J connectivity index is 1.89. The maximum absolute atomic E-state index is 11.9. The van der Waals surface area contributed by atoms with Gasteiger partial charge in [-0.1, -0.05) is 0 Å². The molecule has 1 aromatic carbocycles. The predicted molar refractivity (Wildman–Crippen MR) is 87.0 cm³/mol. The molecular weight excluding hydrogens is 345 g/mol. The van der Waals surface area contributed by atoms with Crippen molar-refractivity contribution in [3.63, 3.8) is 0 Å². The minimum absolute atomic E-state index is 0.327. The van der Waals surface area contributed by atoms with Crippen LogP contribution in [-0.2, 0) is 4.79 Å². The molecule has 0 bridgehead atoms. The van der Waals surface area contributed by atoms with E-state index < -0.39 is 21.7 Å². The summed E-state index contributed by atoms with van der Waals surface area (Å²) >= 11 is 11.8. The van der Waals surface area contributed by atoms with Crippen molar-refractivity contribution in [2.24, 2.45) is 5.41 Å². The van der Waals surface area contributed by atoms with Crippen LogP contribution < -0.4 is 25.6 Å². The molecule has 2 rings (SSSR count). The summed E-state index contributed by atoms with van der Waals surface area (Å²) in [5, 5.41) is 2.55. The van der Waals surface area contributed by atoms with Crippen LogP contribution in [0.3, 0.4) is 0 Å². The molecule has 3 N–H and O–H groups in total. The zero-order valence-electron chi connectivity index (χ0n) is 12.8. The number of amides is 3. The molecule has 1 aliphatic carbocycles. The van der Waals surface area contributed by atoms with Gasteiger partial charge in [-0.25, -0.2) is 10.2 Å². The number of carbonyl (C=O) groups excluding carboxylic acids is 2. The topological polar surface area (TPSA) is 88.7 Å². The monoisotopic (exact) mass is 361 g/mol. The Bertz CT molecular complexity index is 638. The van der Waals surface area contributed by atoms with E-state index in [4.69, 9.17) is 32.7 Å². The molecule has 0 radical (unpaired) electrons. The molecule has 0 saturated heterocycles. The van der Waals surface area contributed by atoms with Crippen LogP contribution in [-0.4, -0.2) is 30.5 Å². The molecule has 1 aliphatic rings. The zero-order valence-corrected chi connectivity index (χ0v) is 14.3. The molecule has 1 fully saturated rings. The summed E-state index contributed by atoms with van der Waals surface area (Å²) in [6.45, 7) is 1.62. The lowest BCUT2D eigenvalue weighted by Gasteiger charge is -2.14. The van der Waals surface area contributed by atoms with Crippen molar-refractivity contribution >= 4 is 40.8 Å². The average molecular weight is 362 g/mol. The quantitative estimate of drug-likeness (QED) is 0.567. The highest BCUT2D eigenvalue weighted by Crippen LogP contribution is 2.63. The average Bonchev–Trinajstić information content (AvgIpc) is 3.04. The molecule has 23 heavy (non-hydrogen) atoms. The van der Waals surface area contributed by atoms with Gasteiger partial charge in [0.15, 0.2) is 11.5 Å². The van der Waals surface area contributed by atoms with Gasteiger partial charge < -0.3 is 14.8 Å². The van der Waals surface area contributed by atoms with Gasteiger partial charge in [0.1, 0.15) is 4.33 Å². The third kappa shape index (κ3) is 3.56. The fourth-order valence-corrected chi connectivity index (χ4v) is 2.68. The van der Waals surface area contributed by atoms with Crippen LogP contribution in [0.5, 0.6) is 11.5 Å². The van der Waals surface area contributed by atoms with Gasteiger partial charge in [-0.3, -0.25) is 10.2 Å². The van der Waals surface area contributed by atoms with E-state index in [1.54, 1.807) is 25.1 Å². The third-order valence-electron chi connectivity index (χ3n) is 3.69. The van der Waals surface area contributed by atoms with Gasteiger partial charge in [0.05, 0.1) is 19.6 Å². The first kappa shape index (κ1) is 17.5. The number of urea groups is 1. The first-order chi connectivity index (χ1) is 10.7. The molecular formula is C14H17Cl2N3O4. The standard InChI is InChI=1S/C14H17Cl2N3O4/c1-13(7-14(13,15)16)11(20)18-19-12(21)17-8-4-5-9(22-2)10(6-8)23-3/h4-6H,7H2,1-3H3,(H,18,20)(H2,17,19,21)/t13-/m0/s1. The van der Waals surface area contributed by atoms with Crippen LogP contribution in [0.15, 0.2) is 18.2 Å². The van der Waals surface area contributed by atoms with Gasteiger partial charge in [0.25, 0.3) is 0 Å². The number of halogens is 2. The number of hydrogen-bond acceptors (Lipinski definition) is 4. The van der Waals surface area contributed by atoms with Crippen molar-refractivity contribution < 1.29 is 19.1 Å². The van der Waals surface area contributed by atoms with E-state index in [-0.39, 0.29) is 0 Å². The van der Waals surface area contributed by atoms with Gasteiger partial charge in [0.2, 0.25) is 5.91 Å². The first-order valence-electron chi connectivity index (χ1n) is 6.71. The van der Waals surface area contributed by atoms with Crippen LogP contribution in [0, 0.1) is 5.41 Å². The first-order valence-corrected chi connectivity index (χ1v) is 7.46. The minimum atomic E-state index is -1.10. The highest BCUT2D eigenvalue weighted by molar-refractivity contribution is 6.53. The number of anilines is 1. The van der Waals surface area contributed by atoms with E-state index in [0.29, 0.717) is 23.6 Å².